The summed E-state index contributed by atoms with van der Waals surface area (Å²) < 4.78 is 5.85. The molecule has 0 aromatic carbocycles. The zero-order valence-corrected chi connectivity index (χ0v) is 9.14. The predicted molar refractivity (Wildman–Crippen MR) is 57.2 cm³/mol. The lowest BCUT2D eigenvalue weighted by atomic mass is 9.84. The average molecular weight is 204 g/mol. The van der Waals surface area contributed by atoms with Gasteiger partial charge in [0.15, 0.2) is 5.78 Å². The van der Waals surface area contributed by atoms with Crippen LogP contribution >= 0.6 is 0 Å². The molecule has 2 aliphatic carbocycles. The topological polar surface area (TPSA) is 30.2 Å². The van der Waals surface area contributed by atoms with E-state index in [4.69, 9.17) is 4.42 Å². The molecule has 80 valence electrons. The fourth-order valence-corrected chi connectivity index (χ4v) is 2.90. The summed E-state index contributed by atoms with van der Waals surface area (Å²) in [4.78, 5) is 12.0. The molecule has 2 heteroatoms. The fraction of sp³-hybridized carbons (Fsp3) is 0.615. The number of ketones is 1. The van der Waals surface area contributed by atoms with Crippen molar-refractivity contribution in [3.8, 4) is 0 Å². The third kappa shape index (κ3) is 1.35. The second-order valence-corrected chi connectivity index (χ2v) is 4.95. The van der Waals surface area contributed by atoms with Crippen LogP contribution < -0.4 is 0 Å². The molecule has 1 heterocycles. The molecule has 0 N–H and O–H groups in total. The monoisotopic (exact) mass is 204 g/mol. The fourth-order valence-electron chi connectivity index (χ4n) is 2.90. The van der Waals surface area contributed by atoms with E-state index in [1.54, 1.807) is 0 Å². The van der Waals surface area contributed by atoms with Gasteiger partial charge in [0.2, 0.25) is 0 Å². The van der Waals surface area contributed by atoms with E-state index in [2.05, 4.69) is 6.92 Å². The molecule has 0 spiro atoms. The first kappa shape index (κ1) is 9.20. The summed E-state index contributed by atoms with van der Waals surface area (Å²) in [5.74, 6) is 2.85. The minimum atomic E-state index is 0.315. The van der Waals surface area contributed by atoms with E-state index in [-0.39, 0.29) is 0 Å². The van der Waals surface area contributed by atoms with Crippen LogP contribution in [-0.2, 0) is 19.3 Å². The highest BCUT2D eigenvalue weighted by Crippen LogP contribution is 2.35. The van der Waals surface area contributed by atoms with E-state index in [9.17, 15) is 4.79 Å². The molecule has 1 aromatic heterocycles. The van der Waals surface area contributed by atoms with E-state index in [1.165, 1.54) is 18.4 Å². The van der Waals surface area contributed by atoms with Crippen molar-refractivity contribution in [2.75, 3.05) is 0 Å². The maximum Gasteiger partial charge on any atom is 0.166 e. The third-order valence-corrected chi connectivity index (χ3v) is 3.59. The van der Waals surface area contributed by atoms with Gasteiger partial charge in [-0.2, -0.15) is 0 Å². The van der Waals surface area contributed by atoms with Crippen molar-refractivity contribution in [2.45, 2.75) is 45.4 Å². The van der Waals surface area contributed by atoms with Crippen LogP contribution in [0.1, 0.15) is 53.6 Å². The highest BCUT2D eigenvalue weighted by molar-refractivity contribution is 5.99. The first-order valence-electron chi connectivity index (χ1n) is 5.92. The van der Waals surface area contributed by atoms with Gasteiger partial charge in [-0.05, 0) is 25.2 Å². The molecule has 3 rings (SSSR count). The second kappa shape index (κ2) is 3.22. The van der Waals surface area contributed by atoms with Gasteiger partial charge in [0.1, 0.15) is 11.5 Å². The molecule has 2 nitrogen and oxygen atoms in total. The Morgan fingerprint density at radius 2 is 1.93 bits per heavy atom. The first-order valence-corrected chi connectivity index (χ1v) is 5.92. The number of hydrogen-bond acceptors (Lipinski definition) is 2. The second-order valence-electron chi connectivity index (χ2n) is 4.95. The predicted octanol–water partition coefficient (Wildman–Crippen LogP) is 2.92. The van der Waals surface area contributed by atoms with Gasteiger partial charge in [0.25, 0.3) is 0 Å². The summed E-state index contributed by atoms with van der Waals surface area (Å²) in [6, 6.07) is 0. The number of furan rings is 1. The number of carbonyl (C=O) groups excluding carboxylic acids is 1. The van der Waals surface area contributed by atoms with Gasteiger partial charge >= 0.3 is 0 Å². The van der Waals surface area contributed by atoms with Gasteiger partial charge in [-0.25, -0.2) is 0 Å². The molecule has 0 saturated carbocycles. The Hall–Kier alpha value is -1.05. The number of hydrogen-bond donors (Lipinski definition) is 0. The average Bonchev–Trinajstić information content (AvgIpc) is 2.54. The third-order valence-electron chi connectivity index (χ3n) is 3.59. The summed E-state index contributed by atoms with van der Waals surface area (Å²) in [5, 5.41) is 0. The molecule has 0 fully saturated rings. The van der Waals surface area contributed by atoms with E-state index in [1.807, 2.05) is 0 Å². The molecule has 1 unspecified atom stereocenters. The Morgan fingerprint density at radius 1 is 1.13 bits per heavy atom. The molecular weight excluding hydrogens is 188 g/mol. The van der Waals surface area contributed by atoms with Gasteiger partial charge in [-0.1, -0.05) is 6.92 Å². The summed E-state index contributed by atoms with van der Waals surface area (Å²) in [5.41, 5.74) is 2.20. The number of Topliss-reactive ketones (excluding diaryl/α,β-unsaturated/α-hetero) is 1. The van der Waals surface area contributed by atoms with Crippen LogP contribution in [0.25, 0.3) is 0 Å². The number of aryl methyl sites for hydroxylation is 1. The molecule has 1 aromatic rings. The lowest BCUT2D eigenvalue weighted by molar-refractivity contribution is 0.0948. The lowest BCUT2D eigenvalue weighted by Gasteiger charge is -2.16. The number of fused-ring (bicyclic) bond motifs is 3. The minimum absolute atomic E-state index is 0.315. The Labute approximate surface area is 89.7 Å². The molecule has 2 aliphatic rings. The summed E-state index contributed by atoms with van der Waals surface area (Å²) in [7, 11) is 0. The van der Waals surface area contributed by atoms with Crippen molar-refractivity contribution in [1.29, 1.82) is 0 Å². The van der Waals surface area contributed by atoms with Crippen molar-refractivity contribution < 1.29 is 9.21 Å². The zero-order chi connectivity index (χ0) is 10.4. The zero-order valence-electron chi connectivity index (χ0n) is 9.14. The van der Waals surface area contributed by atoms with Crippen LogP contribution in [0.2, 0.25) is 0 Å². The molecule has 0 aliphatic heterocycles. The molecule has 0 bridgehead atoms. The van der Waals surface area contributed by atoms with Gasteiger partial charge in [-0.3, -0.25) is 4.79 Å². The standard InChI is InChI=1S/C13H16O2/c1-8-6-10(14)13-9-4-2-3-5-11(9)15-12(13)7-8/h8H,2-7H2,1H3. The normalized spacial score (nSPS) is 24.9. The van der Waals surface area contributed by atoms with E-state index in [0.29, 0.717) is 18.1 Å². The van der Waals surface area contributed by atoms with Gasteiger partial charge in [0, 0.05) is 24.8 Å². The molecule has 0 amide bonds. The van der Waals surface area contributed by atoms with Gasteiger partial charge < -0.3 is 4.42 Å². The van der Waals surface area contributed by atoms with Crippen LogP contribution in [0.15, 0.2) is 4.42 Å². The van der Waals surface area contributed by atoms with Crippen molar-refractivity contribution in [2.24, 2.45) is 5.92 Å². The molecule has 0 saturated heterocycles. The van der Waals surface area contributed by atoms with Crippen LogP contribution in [-0.4, -0.2) is 5.78 Å². The minimum Gasteiger partial charge on any atom is -0.465 e. The summed E-state index contributed by atoms with van der Waals surface area (Å²) >= 11 is 0. The Bertz CT molecular complexity index is 414. The van der Waals surface area contributed by atoms with E-state index >= 15 is 0 Å². The lowest BCUT2D eigenvalue weighted by Crippen LogP contribution is -2.17. The van der Waals surface area contributed by atoms with Crippen molar-refractivity contribution >= 4 is 5.78 Å². The van der Waals surface area contributed by atoms with Crippen LogP contribution in [0.4, 0.5) is 0 Å². The van der Waals surface area contributed by atoms with Crippen LogP contribution in [0, 0.1) is 5.92 Å². The summed E-state index contributed by atoms with van der Waals surface area (Å²) in [6.07, 6.45) is 6.16. The van der Waals surface area contributed by atoms with Crippen LogP contribution in [0.5, 0.6) is 0 Å². The van der Waals surface area contributed by atoms with Gasteiger partial charge in [-0.15, -0.1) is 0 Å². The maximum atomic E-state index is 12.0. The maximum absolute atomic E-state index is 12.0. The first-order chi connectivity index (χ1) is 7.25. The van der Waals surface area contributed by atoms with Gasteiger partial charge in [0.05, 0.1) is 5.56 Å². The highest BCUT2D eigenvalue weighted by Gasteiger charge is 2.31. The number of carbonyl (C=O) groups is 1. The molecule has 1 atom stereocenters. The number of rotatable bonds is 0. The van der Waals surface area contributed by atoms with Crippen molar-refractivity contribution in [1.82, 2.24) is 0 Å². The Morgan fingerprint density at radius 3 is 2.80 bits per heavy atom. The molecule has 0 radical (unpaired) electrons. The molecule has 15 heavy (non-hydrogen) atoms. The summed E-state index contributed by atoms with van der Waals surface area (Å²) in [6.45, 7) is 2.13. The Kier molecular flexibility index (Phi) is 1.98. The highest BCUT2D eigenvalue weighted by atomic mass is 16.3. The quantitative estimate of drug-likeness (QED) is 0.650. The van der Waals surface area contributed by atoms with E-state index in [0.717, 1.165) is 36.3 Å². The van der Waals surface area contributed by atoms with Crippen molar-refractivity contribution in [3.05, 3.63) is 22.6 Å². The smallest absolute Gasteiger partial charge is 0.166 e. The largest absolute Gasteiger partial charge is 0.465 e. The Balaban J connectivity index is 2.12. The molecular formula is C13H16O2. The SMILES string of the molecule is CC1CC(=O)c2c(oc3c2CCCC3)C1. The van der Waals surface area contributed by atoms with Crippen molar-refractivity contribution in [3.63, 3.8) is 0 Å². The van der Waals surface area contributed by atoms with Crippen LogP contribution in [0.3, 0.4) is 0 Å². The van der Waals surface area contributed by atoms with E-state index < -0.39 is 0 Å².